The second kappa shape index (κ2) is 13.9. The van der Waals surface area contributed by atoms with Crippen molar-refractivity contribution in [1.82, 2.24) is 9.80 Å². The SMILES string of the molecule is CCCCC(=O)N(CCCOCC)CC(=O)N(Cc1ccccc1)Cc1cccs1. The molecule has 1 aromatic carbocycles. The number of benzene rings is 1. The molecule has 0 aliphatic carbocycles. The van der Waals surface area contributed by atoms with Gasteiger partial charge < -0.3 is 14.5 Å². The summed E-state index contributed by atoms with van der Waals surface area (Å²) in [5.41, 5.74) is 1.09. The number of rotatable bonds is 14. The molecule has 0 radical (unpaired) electrons. The zero-order valence-electron chi connectivity index (χ0n) is 18.2. The van der Waals surface area contributed by atoms with E-state index in [0.29, 0.717) is 39.3 Å². The van der Waals surface area contributed by atoms with E-state index in [0.717, 1.165) is 29.7 Å². The minimum atomic E-state index is -0.0199. The summed E-state index contributed by atoms with van der Waals surface area (Å²) in [7, 11) is 0. The first-order valence-corrected chi connectivity index (χ1v) is 11.7. The molecule has 0 aliphatic rings. The van der Waals surface area contributed by atoms with Crippen molar-refractivity contribution in [1.29, 1.82) is 0 Å². The molecule has 164 valence electrons. The Morgan fingerprint density at radius 1 is 0.933 bits per heavy atom. The molecule has 6 heteroatoms. The van der Waals surface area contributed by atoms with Crippen LogP contribution in [0.15, 0.2) is 47.8 Å². The van der Waals surface area contributed by atoms with Gasteiger partial charge in [-0.25, -0.2) is 0 Å². The van der Waals surface area contributed by atoms with Crippen LogP contribution in [0.4, 0.5) is 0 Å². The van der Waals surface area contributed by atoms with Gasteiger partial charge in [-0.1, -0.05) is 49.7 Å². The predicted octanol–water partition coefficient (Wildman–Crippen LogP) is 4.72. The van der Waals surface area contributed by atoms with Crippen molar-refractivity contribution < 1.29 is 14.3 Å². The highest BCUT2D eigenvalue weighted by atomic mass is 32.1. The van der Waals surface area contributed by atoms with Gasteiger partial charge in [-0.15, -0.1) is 11.3 Å². The molecule has 0 bridgehead atoms. The summed E-state index contributed by atoms with van der Waals surface area (Å²) in [6.07, 6.45) is 3.04. The molecule has 30 heavy (non-hydrogen) atoms. The Balaban J connectivity index is 2.07. The number of carbonyl (C=O) groups excluding carboxylic acids is 2. The van der Waals surface area contributed by atoms with Gasteiger partial charge in [-0.2, -0.15) is 0 Å². The van der Waals surface area contributed by atoms with Gasteiger partial charge in [0.15, 0.2) is 0 Å². The van der Waals surface area contributed by atoms with Crippen LogP contribution in [0.25, 0.3) is 0 Å². The molecule has 1 heterocycles. The lowest BCUT2D eigenvalue weighted by molar-refractivity contribution is -0.141. The Morgan fingerprint density at radius 2 is 1.73 bits per heavy atom. The zero-order valence-corrected chi connectivity index (χ0v) is 19.0. The zero-order chi connectivity index (χ0) is 21.6. The van der Waals surface area contributed by atoms with Crippen molar-refractivity contribution in [2.45, 2.75) is 52.6 Å². The maximum Gasteiger partial charge on any atom is 0.242 e. The van der Waals surface area contributed by atoms with Crippen LogP contribution in [-0.4, -0.2) is 47.9 Å². The van der Waals surface area contributed by atoms with Gasteiger partial charge in [0.25, 0.3) is 0 Å². The van der Waals surface area contributed by atoms with Crippen molar-refractivity contribution >= 4 is 23.2 Å². The second-order valence-corrected chi connectivity index (χ2v) is 8.32. The third-order valence-electron chi connectivity index (χ3n) is 4.84. The Morgan fingerprint density at radius 3 is 2.40 bits per heavy atom. The van der Waals surface area contributed by atoms with Crippen molar-refractivity contribution in [3.05, 3.63) is 58.3 Å². The van der Waals surface area contributed by atoms with Crippen molar-refractivity contribution in [3.63, 3.8) is 0 Å². The van der Waals surface area contributed by atoms with Crippen LogP contribution in [0.1, 0.15) is 50.0 Å². The third-order valence-corrected chi connectivity index (χ3v) is 5.70. The highest BCUT2D eigenvalue weighted by Gasteiger charge is 2.21. The molecule has 0 fully saturated rings. The van der Waals surface area contributed by atoms with Gasteiger partial charge in [-0.3, -0.25) is 9.59 Å². The second-order valence-electron chi connectivity index (χ2n) is 7.28. The van der Waals surface area contributed by atoms with Gasteiger partial charge in [0, 0.05) is 37.6 Å². The molecule has 2 amide bonds. The van der Waals surface area contributed by atoms with E-state index >= 15 is 0 Å². The molecule has 0 aliphatic heterocycles. The fourth-order valence-electron chi connectivity index (χ4n) is 3.17. The normalized spacial score (nSPS) is 10.7. The van der Waals surface area contributed by atoms with E-state index in [1.807, 2.05) is 59.7 Å². The van der Waals surface area contributed by atoms with Crippen LogP contribution in [-0.2, 0) is 27.4 Å². The number of nitrogens with zero attached hydrogens (tertiary/aromatic N) is 2. The van der Waals surface area contributed by atoms with Gasteiger partial charge >= 0.3 is 0 Å². The number of thiophene rings is 1. The Labute approximate surface area is 184 Å². The molecule has 1 aromatic heterocycles. The average molecular weight is 431 g/mol. The average Bonchev–Trinajstić information content (AvgIpc) is 3.27. The minimum Gasteiger partial charge on any atom is -0.382 e. The van der Waals surface area contributed by atoms with Crippen LogP contribution in [0, 0.1) is 0 Å². The van der Waals surface area contributed by atoms with Crippen molar-refractivity contribution in [3.8, 4) is 0 Å². The van der Waals surface area contributed by atoms with E-state index in [2.05, 4.69) is 6.92 Å². The maximum absolute atomic E-state index is 13.3. The van der Waals surface area contributed by atoms with Gasteiger partial charge in [0.2, 0.25) is 11.8 Å². The smallest absolute Gasteiger partial charge is 0.242 e. The maximum atomic E-state index is 13.3. The van der Waals surface area contributed by atoms with Gasteiger partial charge in [0.05, 0.1) is 13.1 Å². The Bertz CT molecular complexity index is 734. The topological polar surface area (TPSA) is 49.9 Å². The number of amides is 2. The fourth-order valence-corrected chi connectivity index (χ4v) is 3.89. The van der Waals surface area contributed by atoms with Crippen LogP contribution >= 0.6 is 11.3 Å². The summed E-state index contributed by atoms with van der Waals surface area (Å²) < 4.78 is 5.41. The van der Waals surface area contributed by atoms with Gasteiger partial charge in [-0.05, 0) is 36.8 Å². The molecular weight excluding hydrogens is 396 g/mol. The molecular formula is C24H34N2O3S. The molecule has 2 rings (SSSR count). The predicted molar refractivity (Wildman–Crippen MR) is 122 cm³/mol. The van der Waals surface area contributed by atoms with E-state index in [1.54, 1.807) is 16.2 Å². The van der Waals surface area contributed by atoms with E-state index in [4.69, 9.17) is 4.74 Å². The summed E-state index contributed by atoms with van der Waals surface area (Å²) in [4.78, 5) is 30.7. The van der Waals surface area contributed by atoms with Crippen molar-refractivity contribution in [2.24, 2.45) is 0 Å². The highest BCUT2D eigenvalue weighted by Crippen LogP contribution is 2.15. The quantitative estimate of drug-likeness (QED) is 0.408. The molecule has 2 aromatic rings. The fraction of sp³-hybridized carbons (Fsp3) is 0.500. The lowest BCUT2D eigenvalue weighted by Gasteiger charge is -2.28. The number of hydrogen-bond donors (Lipinski definition) is 0. The first-order chi connectivity index (χ1) is 14.6. The number of unbranched alkanes of at least 4 members (excludes halogenated alkanes) is 1. The van der Waals surface area contributed by atoms with E-state index < -0.39 is 0 Å². The minimum absolute atomic E-state index is 0.0199. The lowest BCUT2D eigenvalue weighted by Crippen LogP contribution is -2.43. The van der Waals surface area contributed by atoms with Crippen molar-refractivity contribution in [2.75, 3.05) is 26.3 Å². The number of hydrogen-bond acceptors (Lipinski definition) is 4. The Hall–Kier alpha value is -2.18. The summed E-state index contributed by atoms with van der Waals surface area (Å²) in [6.45, 7) is 7.05. The monoisotopic (exact) mass is 430 g/mol. The molecule has 0 saturated heterocycles. The largest absolute Gasteiger partial charge is 0.382 e. The standard InChI is InChI=1S/C24H34N2O3S/c1-3-5-14-23(27)25(15-10-16-29-4-2)20-24(28)26(19-22-13-9-17-30-22)18-21-11-7-6-8-12-21/h6-9,11-13,17H,3-5,10,14-16,18-20H2,1-2H3. The number of ether oxygens (including phenoxy) is 1. The molecule has 0 N–H and O–H groups in total. The van der Waals surface area contributed by atoms with Gasteiger partial charge in [0.1, 0.15) is 0 Å². The van der Waals surface area contributed by atoms with E-state index in [1.165, 1.54) is 0 Å². The van der Waals surface area contributed by atoms with E-state index in [-0.39, 0.29) is 18.4 Å². The van der Waals surface area contributed by atoms with Crippen LogP contribution in [0.3, 0.4) is 0 Å². The third kappa shape index (κ3) is 8.67. The van der Waals surface area contributed by atoms with Crippen LogP contribution in [0.5, 0.6) is 0 Å². The molecule has 5 nitrogen and oxygen atoms in total. The first kappa shape index (κ1) is 24.1. The molecule has 0 spiro atoms. The summed E-state index contributed by atoms with van der Waals surface area (Å²) in [6, 6.07) is 14.0. The summed E-state index contributed by atoms with van der Waals surface area (Å²) in [5, 5.41) is 2.02. The molecule has 0 saturated carbocycles. The summed E-state index contributed by atoms with van der Waals surface area (Å²) >= 11 is 1.64. The molecule has 0 atom stereocenters. The number of carbonyl (C=O) groups is 2. The Kier molecular flexibility index (Phi) is 11.2. The summed E-state index contributed by atoms with van der Waals surface area (Å²) in [5.74, 6) is 0.0333. The lowest BCUT2D eigenvalue weighted by atomic mass is 10.2. The van der Waals surface area contributed by atoms with Crippen LogP contribution in [0.2, 0.25) is 0 Å². The van der Waals surface area contributed by atoms with E-state index in [9.17, 15) is 9.59 Å². The first-order valence-electron chi connectivity index (χ1n) is 10.8. The molecule has 0 unspecified atom stereocenters. The highest BCUT2D eigenvalue weighted by molar-refractivity contribution is 7.09. The van der Waals surface area contributed by atoms with Crippen LogP contribution < -0.4 is 0 Å².